The van der Waals surface area contributed by atoms with Crippen molar-refractivity contribution in [1.29, 1.82) is 0 Å². The first-order valence-electron chi connectivity index (χ1n) is 40.2. The third-order valence-corrected chi connectivity index (χ3v) is 23.8. The van der Waals surface area contributed by atoms with Crippen LogP contribution in [-0.2, 0) is 28.8 Å². The van der Waals surface area contributed by atoms with Gasteiger partial charge in [0.1, 0.15) is 58.5 Å². The summed E-state index contributed by atoms with van der Waals surface area (Å²) >= 11 is 25.0. The third kappa shape index (κ3) is 18.8. The maximum Gasteiger partial charge on any atom is 0.416 e. The number of morpholine rings is 1. The molecule has 3 fully saturated rings. The molecule has 3 N–H and O–H groups in total. The van der Waals surface area contributed by atoms with Gasteiger partial charge in [0, 0.05) is 168 Å². The predicted octanol–water partition coefficient (Wildman–Crippen LogP) is 19.5. The third-order valence-electron chi connectivity index (χ3n) is 22.8. The van der Waals surface area contributed by atoms with Crippen LogP contribution in [-0.4, -0.2) is 180 Å². The van der Waals surface area contributed by atoms with Crippen molar-refractivity contribution in [3.05, 3.63) is 282 Å². The van der Waals surface area contributed by atoms with Gasteiger partial charge in [0.25, 0.3) is 0 Å². The van der Waals surface area contributed by atoms with Gasteiger partial charge >= 0.3 is 18.3 Å². The monoisotopic (exact) mass is 1670 g/mol. The maximum absolute atomic E-state index is 13.5. The number of nitrogens with one attached hydrogen (secondary N) is 3. The van der Waals surface area contributed by atoms with Crippen molar-refractivity contribution in [2.45, 2.75) is 70.0 Å². The summed E-state index contributed by atoms with van der Waals surface area (Å²) < 4.78 is 61.4. The van der Waals surface area contributed by atoms with Crippen LogP contribution in [0.15, 0.2) is 200 Å². The Morgan fingerprint density at radius 1 is 0.398 bits per heavy atom. The average Bonchev–Trinajstić information content (AvgIpc) is 1.59. The van der Waals surface area contributed by atoms with E-state index in [1.807, 2.05) is 108 Å². The number of amides is 4. The SMILES string of the molecule is CC(=O)N1CCN(CCCOc2ccc(C3c4[nH]c5ccc(Cl)cc5c4CCN3C(=O)Oc3ccc(F)cc3)cc2)CC1.O=C(Oc1ccc(Cl)cc1)N1CCc2c([nH]c3ccc(Cl)cc23)C1c1ccc(N2CCCC2)cc1.O=C(Oc1ccc(F)cc1)N1CCc2c([nH]c3ccc(Cl)cc23)C1c1ccc(OCCCN2CCOCC2)cc1. The summed E-state index contributed by atoms with van der Waals surface area (Å²) in [5, 5.41) is 5.83. The number of carbonyl (C=O) groups excluding carboxylic acids is 4. The van der Waals surface area contributed by atoms with Crippen LogP contribution in [0.2, 0.25) is 20.1 Å². The van der Waals surface area contributed by atoms with E-state index in [2.05, 4.69) is 53.9 Å². The molecule has 9 heterocycles. The van der Waals surface area contributed by atoms with Crippen LogP contribution >= 0.6 is 46.4 Å². The second-order valence-corrected chi connectivity index (χ2v) is 32.0. The molecule has 4 amide bonds. The molecule has 0 bridgehead atoms. The van der Waals surface area contributed by atoms with E-state index in [1.54, 1.807) is 45.9 Å². The predicted molar refractivity (Wildman–Crippen MR) is 456 cm³/mol. The lowest BCUT2D eigenvalue weighted by molar-refractivity contribution is -0.130. The summed E-state index contributed by atoms with van der Waals surface area (Å²) in [7, 11) is 0. The van der Waals surface area contributed by atoms with E-state index >= 15 is 0 Å². The number of piperazine rings is 1. The van der Waals surface area contributed by atoms with Gasteiger partial charge in [-0.1, -0.05) is 82.8 Å². The van der Waals surface area contributed by atoms with Crippen LogP contribution in [0, 0.1) is 11.6 Å². The van der Waals surface area contributed by atoms with E-state index in [0.29, 0.717) is 83.7 Å². The van der Waals surface area contributed by atoms with Crippen molar-refractivity contribution in [1.82, 2.24) is 44.4 Å². The number of benzene rings is 9. The standard InChI is InChI=1S/C33H34ClFN4O4.C31H31ClFN3O4.C28H25Cl2N3O2/c1-22(40)38-18-16-37(17-19-38)14-2-20-42-26-8-3-23(4-9-26)32-31-28(29-21-24(34)5-12-30(29)36-31)13-15-39(32)33(41)43-27-10-6-25(35)7-11-27;32-22-4-11-28-27(20-22)26-12-14-36(31(37)40-25-9-5-23(33)6-10-25)30(29(26)34-28)21-2-7-24(8-3-21)39-17-1-13-35-15-18-38-19-16-35;29-19-5-10-22(11-6-19)35-28(34)33-16-13-23-24-17-20(30)7-12-25(24)31-26(23)27(33)18-3-8-21(9-4-18)32-14-1-2-15-32/h3-12,21,32,36H,2,13-20H2,1H3;2-11,20,30,34H,1,12-19H2;3-12,17,27,31H,1-2,13-16H2. The van der Waals surface area contributed by atoms with E-state index in [1.165, 1.54) is 72.6 Å². The van der Waals surface area contributed by atoms with Crippen LogP contribution in [0.1, 0.15) is 101 Å². The number of fused-ring (bicyclic) bond motifs is 9. The Bertz CT molecular complexity index is 5530. The second-order valence-electron chi connectivity index (χ2n) is 30.3. The van der Waals surface area contributed by atoms with E-state index in [-0.39, 0.29) is 29.6 Å². The highest BCUT2D eigenvalue weighted by molar-refractivity contribution is 6.32. The zero-order chi connectivity index (χ0) is 81.3. The summed E-state index contributed by atoms with van der Waals surface area (Å²) in [5.41, 5.74) is 13.4. The summed E-state index contributed by atoms with van der Waals surface area (Å²) in [6.07, 6.45) is 4.89. The lowest BCUT2D eigenvalue weighted by atomic mass is 9.92. The molecule has 3 atom stereocenters. The minimum absolute atomic E-state index is 0.137. The number of halogens is 6. The van der Waals surface area contributed by atoms with E-state index in [9.17, 15) is 28.0 Å². The molecular formula is C92H90Cl4F2N10O10. The summed E-state index contributed by atoms with van der Waals surface area (Å²) in [4.78, 5) is 76.8. The minimum atomic E-state index is -0.511. The van der Waals surface area contributed by atoms with Gasteiger partial charge in [0.2, 0.25) is 5.91 Å². The molecule has 26 heteroatoms. The molecule has 3 aromatic heterocycles. The Hall–Kier alpha value is -10.8. The van der Waals surface area contributed by atoms with Crippen molar-refractivity contribution in [3.63, 3.8) is 0 Å². The number of aromatic nitrogens is 3. The Labute approximate surface area is 702 Å². The van der Waals surface area contributed by atoms with Crippen LogP contribution in [0.3, 0.4) is 0 Å². The van der Waals surface area contributed by atoms with Crippen LogP contribution < -0.4 is 28.6 Å². The molecule has 20 nitrogen and oxygen atoms in total. The first-order chi connectivity index (χ1) is 57.5. The highest BCUT2D eigenvalue weighted by Crippen LogP contribution is 2.45. The quantitative estimate of drug-likeness (QED) is 0.0730. The van der Waals surface area contributed by atoms with Gasteiger partial charge in [-0.15, -0.1) is 0 Å². The molecule has 3 unspecified atom stereocenters. The molecule has 118 heavy (non-hydrogen) atoms. The first kappa shape index (κ1) is 80.9. The lowest BCUT2D eigenvalue weighted by Gasteiger charge is -2.35. The number of nitrogens with zero attached hydrogens (tertiary/aromatic N) is 7. The van der Waals surface area contributed by atoms with Gasteiger partial charge in [-0.2, -0.15) is 0 Å². The number of anilines is 1. The lowest BCUT2D eigenvalue weighted by Crippen LogP contribution is -2.48. The molecule has 12 aromatic rings. The molecule has 9 aromatic carbocycles. The molecule has 6 aliphatic rings. The topological polar surface area (TPSA) is 194 Å². The molecule has 610 valence electrons. The Morgan fingerprint density at radius 2 is 0.737 bits per heavy atom. The number of rotatable bonds is 17. The van der Waals surface area contributed by atoms with Gasteiger partial charge < -0.3 is 53.2 Å². The number of carbonyl (C=O) groups is 4. The van der Waals surface area contributed by atoms with Gasteiger partial charge in [0.05, 0.1) is 26.4 Å². The molecule has 0 radical (unpaired) electrons. The van der Waals surface area contributed by atoms with Crippen molar-refractivity contribution < 1.29 is 56.4 Å². The zero-order valence-corrected chi connectivity index (χ0v) is 68.3. The maximum atomic E-state index is 13.5. The van der Waals surface area contributed by atoms with Gasteiger partial charge in [-0.05, 0) is 242 Å². The van der Waals surface area contributed by atoms with Crippen molar-refractivity contribution in [2.75, 3.05) is 116 Å². The molecule has 3 saturated heterocycles. The largest absolute Gasteiger partial charge is 0.494 e. The summed E-state index contributed by atoms with van der Waals surface area (Å²) in [6, 6.07) is 58.3. The zero-order valence-electron chi connectivity index (χ0n) is 65.2. The van der Waals surface area contributed by atoms with Crippen molar-refractivity contribution >= 4 is 109 Å². The molecule has 0 saturated carbocycles. The normalized spacial score (nSPS) is 17.4. The first-order valence-corrected chi connectivity index (χ1v) is 41.7. The number of ether oxygens (including phenoxy) is 6. The number of H-pyrrole nitrogens is 3. The molecular weight excluding hydrogens is 1580 g/mol. The summed E-state index contributed by atoms with van der Waals surface area (Å²) in [6.45, 7) is 15.2. The van der Waals surface area contributed by atoms with Crippen molar-refractivity contribution in [3.8, 4) is 28.7 Å². The van der Waals surface area contributed by atoms with E-state index < -0.39 is 30.1 Å². The van der Waals surface area contributed by atoms with Crippen LogP contribution in [0.5, 0.6) is 28.7 Å². The average molecular weight is 1680 g/mol. The smallest absolute Gasteiger partial charge is 0.416 e. The Morgan fingerprint density at radius 3 is 1.11 bits per heavy atom. The highest BCUT2D eigenvalue weighted by atomic mass is 35.5. The highest BCUT2D eigenvalue weighted by Gasteiger charge is 2.40. The Balaban J connectivity index is 0.000000133. The molecule has 18 rings (SSSR count). The van der Waals surface area contributed by atoms with Gasteiger partial charge in [0.15, 0.2) is 0 Å². The van der Waals surface area contributed by atoms with Crippen LogP contribution in [0.4, 0.5) is 28.9 Å². The molecule has 6 aliphatic heterocycles. The molecule has 0 aliphatic carbocycles. The van der Waals surface area contributed by atoms with E-state index in [0.717, 1.165) is 181 Å². The number of aromatic amines is 3. The Kier molecular flexibility index (Phi) is 25.4. The van der Waals surface area contributed by atoms with E-state index in [4.69, 9.17) is 74.8 Å². The van der Waals surface area contributed by atoms with Crippen molar-refractivity contribution in [2.24, 2.45) is 0 Å². The number of hydrogen-bond acceptors (Lipinski definition) is 13. The minimum Gasteiger partial charge on any atom is -0.494 e. The molecule has 0 spiro atoms. The van der Waals surface area contributed by atoms with Crippen LogP contribution in [0.25, 0.3) is 32.7 Å². The second kappa shape index (κ2) is 37.0. The fraction of sp³-hybridized carbons (Fsp3) is 0.304. The summed E-state index contributed by atoms with van der Waals surface area (Å²) in [5.74, 6) is 1.93. The van der Waals surface area contributed by atoms with Gasteiger partial charge in [-0.3, -0.25) is 29.3 Å². The van der Waals surface area contributed by atoms with Gasteiger partial charge in [-0.25, -0.2) is 23.2 Å². The fourth-order valence-electron chi connectivity index (χ4n) is 16.8. The number of hydrogen-bond donors (Lipinski definition) is 3. The fourth-order valence-corrected chi connectivity index (χ4v) is 17.4.